The van der Waals surface area contributed by atoms with Gasteiger partial charge in [0.15, 0.2) is 0 Å². The molecule has 0 atom stereocenters. The fourth-order valence-electron chi connectivity index (χ4n) is 14.7. The van der Waals surface area contributed by atoms with Gasteiger partial charge in [0.25, 0.3) is 0 Å². The minimum absolute atomic E-state index is 0.138. The predicted octanol–water partition coefficient (Wildman–Crippen LogP) is 29.1. The molecule has 0 N–H and O–H groups in total. The topological polar surface area (TPSA) is 9.86 Å². The van der Waals surface area contributed by atoms with Crippen LogP contribution in [0, 0.1) is 0 Å². The summed E-state index contributed by atoms with van der Waals surface area (Å²) in [6.45, 7) is 34.0. The highest BCUT2D eigenvalue weighted by Gasteiger charge is 2.22. The van der Waals surface area contributed by atoms with Crippen molar-refractivity contribution in [3.05, 3.63) is 361 Å². The van der Waals surface area contributed by atoms with Crippen LogP contribution < -0.4 is 0 Å². The van der Waals surface area contributed by atoms with E-state index in [-0.39, 0.29) is 27.1 Å². The molecule has 0 aliphatic heterocycles. The van der Waals surface area contributed by atoms with Gasteiger partial charge in [0.1, 0.15) is 0 Å². The summed E-state index contributed by atoms with van der Waals surface area (Å²) in [5.74, 6) is 0. The Morgan fingerprint density at radius 3 is 1.04 bits per heavy atom. The first-order valence-corrected chi connectivity index (χ1v) is 37.1. The van der Waals surface area contributed by atoms with Crippen molar-refractivity contribution in [1.29, 1.82) is 0 Å². The van der Waals surface area contributed by atoms with Crippen LogP contribution in [0.3, 0.4) is 0 Å². The average Bonchev–Trinajstić information content (AvgIpc) is 1.51. The molecule has 0 fully saturated rings. The number of hydrogen-bond acceptors (Lipinski definition) is 0. The molecule has 518 valence electrons. The van der Waals surface area contributed by atoms with Gasteiger partial charge < -0.3 is 9.13 Å². The third kappa shape index (κ3) is 15.5. The third-order valence-electron chi connectivity index (χ3n) is 20.3. The van der Waals surface area contributed by atoms with Gasteiger partial charge in [0, 0.05) is 32.9 Å². The van der Waals surface area contributed by atoms with Crippen LogP contribution in [0.1, 0.15) is 132 Å². The molecule has 2 heteroatoms. The van der Waals surface area contributed by atoms with Crippen molar-refractivity contribution in [2.24, 2.45) is 0 Å². The van der Waals surface area contributed by atoms with E-state index in [4.69, 9.17) is 0 Å². The smallest absolute Gasteiger partial charge is 0.0547 e. The zero-order chi connectivity index (χ0) is 73.1. The van der Waals surface area contributed by atoms with E-state index < -0.39 is 0 Å². The number of nitrogens with zero attached hydrogens (tertiary/aromatic N) is 2. The largest absolute Gasteiger partial charge is 0.309 e. The quantitative estimate of drug-likeness (QED) is 0.155. The Morgan fingerprint density at radius 1 is 0.183 bits per heavy atom. The molecular formula is C102H100N2. The summed E-state index contributed by atoms with van der Waals surface area (Å²) in [7, 11) is 0. The lowest BCUT2D eigenvalue weighted by Crippen LogP contribution is -2.12. The Bertz CT molecular complexity index is 5780. The van der Waals surface area contributed by atoms with Crippen LogP contribution in [0.15, 0.2) is 334 Å². The predicted molar refractivity (Wildman–Crippen MR) is 455 cm³/mol. The van der Waals surface area contributed by atoms with Crippen LogP contribution in [-0.2, 0) is 27.1 Å². The fraction of sp³-hybridized carbons (Fsp3) is 0.196. The molecule has 0 bridgehead atoms. The molecule has 17 rings (SSSR count). The van der Waals surface area contributed by atoms with Crippen LogP contribution in [0.25, 0.3) is 120 Å². The summed E-state index contributed by atoms with van der Waals surface area (Å²) < 4.78 is 4.75. The van der Waals surface area contributed by atoms with E-state index in [1.165, 1.54) is 148 Å². The molecule has 15 aromatic carbocycles. The van der Waals surface area contributed by atoms with Crippen molar-refractivity contribution in [2.75, 3.05) is 0 Å². The fourth-order valence-corrected chi connectivity index (χ4v) is 14.7. The number of hydrogen-bond donors (Lipinski definition) is 0. The van der Waals surface area contributed by atoms with Crippen LogP contribution >= 0.6 is 0 Å². The highest BCUT2D eigenvalue weighted by atomic mass is 15.0. The van der Waals surface area contributed by atoms with Crippen LogP contribution in [0.5, 0.6) is 0 Å². The number of aromatic nitrogens is 2. The van der Waals surface area contributed by atoms with Gasteiger partial charge in [-0.1, -0.05) is 383 Å². The number of fused-ring (bicyclic) bond motifs is 10. The van der Waals surface area contributed by atoms with E-state index >= 15 is 0 Å². The minimum Gasteiger partial charge on any atom is -0.309 e. The Balaban J connectivity index is 0.000000120. The average molecular weight is 1350 g/mol. The van der Waals surface area contributed by atoms with Gasteiger partial charge in [0.2, 0.25) is 0 Å². The lowest BCUT2D eigenvalue weighted by Gasteiger charge is -2.24. The molecular weight excluding hydrogens is 1250 g/mol. The summed E-state index contributed by atoms with van der Waals surface area (Å²) in [5.41, 5.74) is 20.3. The van der Waals surface area contributed by atoms with E-state index in [1.54, 1.807) is 0 Å². The highest BCUT2D eigenvalue weighted by Crippen LogP contribution is 2.40. The molecule has 0 saturated heterocycles. The van der Waals surface area contributed by atoms with E-state index in [0.29, 0.717) is 0 Å². The van der Waals surface area contributed by atoms with E-state index in [1.807, 2.05) is 0 Å². The SMILES string of the molecule is CC(C)(C)c1c2ccccc2cc2ccccc12.CC(C)(C)c1ccc(-c2ccc3c4ccccc4n(-c4ccccc4)c3c2)cc1.CC(C)(C)c1ccc2ccccc2c1.CC(C)(C)c1cccc(-c2ccc3c4ccccc4n(-c4ccccc4)c3c2)c1.CC(C)(C)c1cccc2ccccc12. The standard InChI is InChI=1S/2C28H25N.C18H18.2C14H16/c1-28(2,3)22-11-9-10-20(18-22)21-16-17-25-24-14-7-8-15-26(24)29(27(25)19-21)23-12-5-4-6-13-23;1-28(2,3)22-16-13-20(14-17-22)21-15-18-25-24-11-7-8-12-26(24)29(27(25)19-21)23-9-5-4-6-10-23;1-18(2,3)17-15-10-6-4-8-13(15)12-14-9-5-7-11-16(14)17;1-14(2,3)13-10-6-8-11-7-4-5-9-12(11)13;1-14(2,3)13-9-8-11-6-4-5-7-12(11)10-13/h2*4-19H,1-3H3;4-12H,1-3H3;2*4-10H,1-3H3. The Labute approximate surface area is 618 Å². The summed E-state index contributed by atoms with van der Waals surface area (Å²) in [6, 6.07) is 120. The third-order valence-corrected chi connectivity index (χ3v) is 20.3. The molecule has 2 heterocycles. The van der Waals surface area contributed by atoms with Gasteiger partial charge in [-0.15, -0.1) is 0 Å². The first kappa shape index (κ1) is 71.3. The lowest BCUT2D eigenvalue weighted by atomic mass is 9.80. The maximum atomic E-state index is 2.38. The van der Waals surface area contributed by atoms with Crippen LogP contribution in [0.4, 0.5) is 0 Å². The molecule has 2 aromatic heterocycles. The van der Waals surface area contributed by atoms with Crippen molar-refractivity contribution >= 4 is 86.7 Å². The van der Waals surface area contributed by atoms with Crippen molar-refractivity contribution in [3.63, 3.8) is 0 Å². The molecule has 0 aliphatic rings. The molecule has 0 radical (unpaired) electrons. The number of rotatable bonds is 4. The summed E-state index contributed by atoms with van der Waals surface area (Å²) in [5, 5.41) is 16.0. The second-order valence-electron chi connectivity index (χ2n) is 33.0. The molecule has 0 aliphatic carbocycles. The summed E-state index contributed by atoms with van der Waals surface area (Å²) >= 11 is 0. The zero-order valence-electron chi connectivity index (χ0n) is 63.6. The van der Waals surface area contributed by atoms with Gasteiger partial charge in [0.05, 0.1) is 22.1 Å². The Morgan fingerprint density at radius 2 is 0.548 bits per heavy atom. The van der Waals surface area contributed by atoms with Crippen LogP contribution in [0.2, 0.25) is 0 Å². The monoisotopic (exact) mass is 1350 g/mol. The second-order valence-corrected chi connectivity index (χ2v) is 33.0. The van der Waals surface area contributed by atoms with E-state index in [0.717, 1.165) is 0 Å². The van der Waals surface area contributed by atoms with Crippen molar-refractivity contribution < 1.29 is 0 Å². The Kier molecular flexibility index (Phi) is 20.1. The van der Waals surface area contributed by atoms with Gasteiger partial charge in [-0.2, -0.15) is 0 Å². The zero-order valence-corrected chi connectivity index (χ0v) is 63.6. The maximum Gasteiger partial charge on any atom is 0.0547 e. The van der Waals surface area contributed by atoms with Gasteiger partial charge in [-0.3, -0.25) is 0 Å². The van der Waals surface area contributed by atoms with Gasteiger partial charge in [-0.25, -0.2) is 0 Å². The molecule has 0 amide bonds. The van der Waals surface area contributed by atoms with E-state index in [9.17, 15) is 0 Å². The van der Waals surface area contributed by atoms with Crippen molar-refractivity contribution in [3.8, 4) is 33.6 Å². The van der Waals surface area contributed by atoms with Crippen molar-refractivity contribution in [2.45, 2.75) is 131 Å². The second kappa shape index (κ2) is 29.4. The normalized spacial score (nSPS) is 12.0. The first-order chi connectivity index (χ1) is 49.8. The van der Waals surface area contributed by atoms with E-state index in [2.05, 4.69) is 447 Å². The number of para-hydroxylation sites is 4. The lowest BCUT2D eigenvalue weighted by molar-refractivity contribution is 0.590. The molecule has 0 unspecified atom stereocenters. The molecule has 2 nitrogen and oxygen atoms in total. The molecule has 0 saturated carbocycles. The Hall–Kier alpha value is -11.1. The number of benzene rings is 15. The van der Waals surface area contributed by atoms with Gasteiger partial charge in [-0.05, 0) is 175 Å². The van der Waals surface area contributed by atoms with Gasteiger partial charge >= 0.3 is 0 Å². The van der Waals surface area contributed by atoms with Crippen molar-refractivity contribution in [1.82, 2.24) is 9.13 Å². The minimum atomic E-state index is 0.138. The first-order valence-electron chi connectivity index (χ1n) is 37.1. The van der Waals surface area contributed by atoms with Crippen LogP contribution in [-0.4, -0.2) is 9.13 Å². The maximum absolute atomic E-state index is 2.38. The summed E-state index contributed by atoms with van der Waals surface area (Å²) in [4.78, 5) is 0. The molecule has 104 heavy (non-hydrogen) atoms. The molecule has 17 aromatic rings. The highest BCUT2D eigenvalue weighted by molar-refractivity contribution is 6.11. The molecule has 0 spiro atoms. The summed E-state index contributed by atoms with van der Waals surface area (Å²) in [6.07, 6.45) is 0.